The van der Waals surface area contributed by atoms with E-state index in [2.05, 4.69) is 26.1 Å². The number of halogens is 3. The Kier molecular flexibility index (Phi) is 3.41. The van der Waals surface area contributed by atoms with Crippen molar-refractivity contribution in [1.29, 1.82) is 0 Å². The van der Waals surface area contributed by atoms with Gasteiger partial charge in [0.15, 0.2) is 0 Å². The zero-order chi connectivity index (χ0) is 14.3. The van der Waals surface area contributed by atoms with Gasteiger partial charge in [-0.2, -0.15) is 10.2 Å². The van der Waals surface area contributed by atoms with Crippen molar-refractivity contribution in [3.8, 4) is 0 Å². The van der Waals surface area contributed by atoms with Crippen molar-refractivity contribution < 1.29 is 8.78 Å². The molecule has 0 fully saturated rings. The SMILES string of the molecule is CN1C=C(Br)CC2C=NN=C(c3ccc(F)cc3F)C21. The fourth-order valence-electron chi connectivity index (χ4n) is 2.67. The molecule has 20 heavy (non-hydrogen) atoms. The van der Waals surface area contributed by atoms with Crippen LogP contribution < -0.4 is 0 Å². The molecule has 0 spiro atoms. The largest absolute Gasteiger partial charge is 0.370 e. The molecule has 0 amide bonds. The van der Waals surface area contributed by atoms with E-state index in [-0.39, 0.29) is 12.0 Å². The molecule has 1 aromatic rings. The van der Waals surface area contributed by atoms with Crippen LogP contribution in [0, 0.1) is 17.6 Å². The molecule has 0 saturated carbocycles. The first-order valence-electron chi connectivity index (χ1n) is 6.21. The zero-order valence-corrected chi connectivity index (χ0v) is 12.3. The number of hydrogen-bond donors (Lipinski definition) is 0. The lowest BCUT2D eigenvalue weighted by atomic mass is 9.86. The van der Waals surface area contributed by atoms with Crippen LogP contribution in [0.2, 0.25) is 0 Å². The van der Waals surface area contributed by atoms with Crippen molar-refractivity contribution in [3.63, 3.8) is 0 Å². The summed E-state index contributed by atoms with van der Waals surface area (Å²) in [6.07, 6.45) is 4.53. The normalized spacial score (nSPS) is 25.1. The highest BCUT2D eigenvalue weighted by Crippen LogP contribution is 2.32. The van der Waals surface area contributed by atoms with Crippen LogP contribution in [0.1, 0.15) is 12.0 Å². The van der Waals surface area contributed by atoms with Gasteiger partial charge in [-0.05, 0) is 18.6 Å². The monoisotopic (exact) mass is 339 g/mol. The van der Waals surface area contributed by atoms with Crippen LogP contribution in [-0.4, -0.2) is 29.9 Å². The molecule has 0 aromatic heterocycles. The minimum Gasteiger partial charge on any atom is -0.370 e. The molecule has 0 aliphatic carbocycles. The highest BCUT2D eigenvalue weighted by molar-refractivity contribution is 9.11. The quantitative estimate of drug-likeness (QED) is 0.771. The second-order valence-electron chi connectivity index (χ2n) is 4.93. The smallest absolute Gasteiger partial charge is 0.135 e. The summed E-state index contributed by atoms with van der Waals surface area (Å²) in [5, 5.41) is 8.07. The second-order valence-corrected chi connectivity index (χ2v) is 5.95. The molecular weight excluding hydrogens is 328 g/mol. The average molecular weight is 340 g/mol. The summed E-state index contributed by atoms with van der Waals surface area (Å²) >= 11 is 3.49. The molecule has 6 heteroatoms. The van der Waals surface area contributed by atoms with Crippen molar-refractivity contribution in [2.45, 2.75) is 12.5 Å². The highest BCUT2D eigenvalue weighted by Gasteiger charge is 2.35. The molecule has 3 rings (SSSR count). The van der Waals surface area contributed by atoms with Gasteiger partial charge in [-0.25, -0.2) is 8.78 Å². The number of nitrogens with zero attached hydrogens (tertiary/aromatic N) is 3. The van der Waals surface area contributed by atoms with Gasteiger partial charge in [0.1, 0.15) is 11.6 Å². The topological polar surface area (TPSA) is 28.0 Å². The molecule has 104 valence electrons. The number of likely N-dealkylation sites (N-methyl/N-ethyl adjacent to an activating group) is 1. The summed E-state index contributed by atoms with van der Waals surface area (Å²) in [5.74, 6) is -1.08. The van der Waals surface area contributed by atoms with Gasteiger partial charge >= 0.3 is 0 Å². The Morgan fingerprint density at radius 3 is 2.90 bits per heavy atom. The van der Waals surface area contributed by atoms with Gasteiger partial charge < -0.3 is 4.90 Å². The van der Waals surface area contributed by atoms with E-state index in [1.54, 1.807) is 6.21 Å². The summed E-state index contributed by atoms with van der Waals surface area (Å²) < 4.78 is 28.1. The van der Waals surface area contributed by atoms with Crippen LogP contribution in [0.5, 0.6) is 0 Å². The number of fused-ring (bicyclic) bond motifs is 1. The number of rotatable bonds is 1. The van der Waals surface area contributed by atoms with Gasteiger partial charge in [0.05, 0.1) is 11.8 Å². The molecule has 2 atom stereocenters. The van der Waals surface area contributed by atoms with E-state index in [0.29, 0.717) is 11.3 Å². The maximum Gasteiger partial charge on any atom is 0.135 e. The lowest BCUT2D eigenvalue weighted by Crippen LogP contribution is -2.46. The van der Waals surface area contributed by atoms with Crippen LogP contribution in [0.4, 0.5) is 8.78 Å². The lowest BCUT2D eigenvalue weighted by molar-refractivity contribution is 0.327. The molecule has 1 aromatic carbocycles. The van der Waals surface area contributed by atoms with Gasteiger partial charge in [0, 0.05) is 41.5 Å². The Morgan fingerprint density at radius 2 is 2.15 bits per heavy atom. The summed E-state index contributed by atoms with van der Waals surface area (Å²) in [7, 11) is 1.91. The predicted molar refractivity (Wildman–Crippen MR) is 78.1 cm³/mol. The van der Waals surface area contributed by atoms with Crippen LogP contribution in [0.3, 0.4) is 0 Å². The molecule has 2 heterocycles. The van der Waals surface area contributed by atoms with Gasteiger partial charge in [-0.1, -0.05) is 15.9 Å². The summed E-state index contributed by atoms with van der Waals surface area (Å²) in [4.78, 5) is 1.98. The van der Waals surface area contributed by atoms with Crippen molar-refractivity contribution >= 4 is 27.9 Å². The third-order valence-electron chi connectivity index (χ3n) is 3.53. The Balaban J connectivity index is 2.05. The van der Waals surface area contributed by atoms with E-state index in [4.69, 9.17) is 0 Å². The summed E-state index contributed by atoms with van der Waals surface area (Å²) in [6.45, 7) is 0. The van der Waals surface area contributed by atoms with Crippen molar-refractivity contribution in [2.75, 3.05) is 7.05 Å². The molecule has 0 saturated heterocycles. The molecule has 2 unspecified atom stereocenters. The Bertz CT molecular complexity index is 639. The zero-order valence-electron chi connectivity index (χ0n) is 10.7. The van der Waals surface area contributed by atoms with Crippen LogP contribution in [0.15, 0.2) is 39.1 Å². The highest BCUT2D eigenvalue weighted by atomic mass is 79.9. The van der Waals surface area contributed by atoms with E-state index >= 15 is 0 Å². The van der Waals surface area contributed by atoms with Crippen molar-refractivity contribution in [2.24, 2.45) is 16.1 Å². The second kappa shape index (κ2) is 5.09. The maximum atomic E-state index is 14.0. The van der Waals surface area contributed by atoms with Gasteiger partial charge in [0.2, 0.25) is 0 Å². The fourth-order valence-corrected chi connectivity index (χ4v) is 3.37. The van der Waals surface area contributed by atoms with Crippen LogP contribution in [-0.2, 0) is 0 Å². The first-order valence-corrected chi connectivity index (χ1v) is 7.00. The summed E-state index contributed by atoms with van der Waals surface area (Å²) in [5.41, 5.74) is 0.838. The van der Waals surface area contributed by atoms with E-state index < -0.39 is 11.6 Å². The number of allylic oxidation sites excluding steroid dienone is 1. The molecule has 2 aliphatic heterocycles. The van der Waals surface area contributed by atoms with E-state index in [1.807, 2.05) is 18.1 Å². The average Bonchev–Trinajstić information content (AvgIpc) is 2.37. The number of hydrogen-bond acceptors (Lipinski definition) is 3. The molecule has 0 bridgehead atoms. The summed E-state index contributed by atoms with van der Waals surface area (Å²) in [6, 6.07) is 3.44. The van der Waals surface area contributed by atoms with Gasteiger partial charge in [-0.3, -0.25) is 0 Å². The Hall–Kier alpha value is -1.56. The lowest BCUT2D eigenvalue weighted by Gasteiger charge is -2.38. The van der Waals surface area contributed by atoms with Gasteiger partial charge in [-0.15, -0.1) is 0 Å². The fraction of sp³-hybridized carbons (Fsp3) is 0.286. The molecule has 3 nitrogen and oxygen atoms in total. The molecule has 0 N–H and O–H groups in total. The van der Waals surface area contributed by atoms with Gasteiger partial charge in [0.25, 0.3) is 0 Å². The van der Waals surface area contributed by atoms with E-state index in [1.165, 1.54) is 12.1 Å². The Labute approximate surface area is 123 Å². The van der Waals surface area contributed by atoms with E-state index in [9.17, 15) is 8.78 Å². The minimum absolute atomic E-state index is 0.0891. The number of benzene rings is 1. The molecule has 0 radical (unpaired) electrons. The first kappa shape index (κ1) is 13.4. The van der Waals surface area contributed by atoms with E-state index in [0.717, 1.165) is 17.0 Å². The third-order valence-corrected chi connectivity index (χ3v) is 4.06. The Morgan fingerprint density at radius 1 is 1.35 bits per heavy atom. The molecule has 2 aliphatic rings. The standard InChI is InChI=1S/C14H12BrF2N3/c1-20-7-9(15)4-8-6-18-19-13(14(8)20)11-3-2-10(16)5-12(11)17/h2-3,5-8,14H,4H2,1H3. The first-order chi connectivity index (χ1) is 9.56. The predicted octanol–water partition coefficient (Wildman–Crippen LogP) is 3.31. The van der Waals surface area contributed by atoms with Crippen LogP contribution in [0.25, 0.3) is 0 Å². The maximum absolute atomic E-state index is 14.0. The van der Waals surface area contributed by atoms with Crippen LogP contribution >= 0.6 is 15.9 Å². The third kappa shape index (κ3) is 2.28. The van der Waals surface area contributed by atoms with Crippen molar-refractivity contribution in [1.82, 2.24) is 4.90 Å². The van der Waals surface area contributed by atoms with Crippen molar-refractivity contribution in [3.05, 3.63) is 46.1 Å². The minimum atomic E-state index is -0.610. The molecular formula is C14H12BrF2N3.